The van der Waals surface area contributed by atoms with E-state index in [4.69, 9.17) is 11.6 Å². The third-order valence-electron chi connectivity index (χ3n) is 5.36. The van der Waals surface area contributed by atoms with E-state index in [1.807, 2.05) is 24.3 Å². The molecule has 1 aromatic heterocycles. The fraction of sp³-hybridized carbons (Fsp3) is 0.400. The molecule has 3 heterocycles. The van der Waals surface area contributed by atoms with Crippen LogP contribution in [0.3, 0.4) is 0 Å². The predicted octanol–water partition coefficient (Wildman–Crippen LogP) is 2.49. The Bertz CT molecular complexity index is 762. The minimum Gasteiger partial charge on any atom is -0.348 e. The van der Waals surface area contributed by atoms with E-state index in [0.29, 0.717) is 11.9 Å². The number of nitrogens with one attached hydrogen (secondary N) is 3. The molecule has 0 saturated carbocycles. The van der Waals surface area contributed by atoms with Gasteiger partial charge in [0, 0.05) is 36.4 Å². The Labute approximate surface area is 164 Å². The highest BCUT2D eigenvalue weighted by Gasteiger charge is 2.32. The van der Waals surface area contributed by atoms with Crippen LogP contribution in [0, 0.1) is 0 Å². The number of carbonyl (C=O) groups is 1. The van der Waals surface area contributed by atoms with Crippen LogP contribution in [0.1, 0.15) is 41.4 Å². The SMILES string of the molecule is O=C(NC1CCN(C2CC(c3ccc(Cl)cc3)NN2)CC1)c1ccccn1. The van der Waals surface area contributed by atoms with Crippen molar-refractivity contribution < 1.29 is 4.79 Å². The zero-order valence-electron chi connectivity index (χ0n) is 15.1. The molecule has 4 rings (SSSR count). The van der Waals surface area contributed by atoms with Gasteiger partial charge in [0.15, 0.2) is 0 Å². The highest BCUT2D eigenvalue weighted by Crippen LogP contribution is 2.26. The molecule has 2 atom stereocenters. The van der Waals surface area contributed by atoms with Crippen LogP contribution in [-0.2, 0) is 0 Å². The van der Waals surface area contributed by atoms with Crippen molar-refractivity contribution in [3.8, 4) is 0 Å². The molecule has 2 aliphatic rings. The maximum absolute atomic E-state index is 12.3. The zero-order chi connectivity index (χ0) is 18.6. The van der Waals surface area contributed by atoms with Gasteiger partial charge in [0.1, 0.15) is 5.69 Å². The summed E-state index contributed by atoms with van der Waals surface area (Å²) in [6, 6.07) is 13.9. The van der Waals surface area contributed by atoms with Gasteiger partial charge in [-0.05, 0) is 49.1 Å². The number of hydrogen-bond acceptors (Lipinski definition) is 5. The Morgan fingerprint density at radius 3 is 2.59 bits per heavy atom. The molecule has 7 heteroatoms. The normalized spacial score (nSPS) is 24.0. The molecule has 0 spiro atoms. The van der Waals surface area contributed by atoms with Crippen LogP contribution in [0.5, 0.6) is 0 Å². The van der Waals surface area contributed by atoms with Gasteiger partial charge in [-0.1, -0.05) is 29.8 Å². The van der Waals surface area contributed by atoms with Crippen LogP contribution in [0.4, 0.5) is 0 Å². The predicted molar refractivity (Wildman–Crippen MR) is 105 cm³/mol. The zero-order valence-corrected chi connectivity index (χ0v) is 15.8. The lowest BCUT2D eigenvalue weighted by Crippen LogP contribution is -2.51. The highest BCUT2D eigenvalue weighted by atomic mass is 35.5. The minimum absolute atomic E-state index is 0.0856. The van der Waals surface area contributed by atoms with E-state index in [-0.39, 0.29) is 18.0 Å². The van der Waals surface area contributed by atoms with Crippen LogP contribution in [0.25, 0.3) is 0 Å². The lowest BCUT2D eigenvalue weighted by Gasteiger charge is -2.35. The lowest BCUT2D eigenvalue weighted by molar-refractivity contribution is 0.0875. The van der Waals surface area contributed by atoms with E-state index in [1.165, 1.54) is 5.56 Å². The largest absolute Gasteiger partial charge is 0.348 e. The first-order chi connectivity index (χ1) is 13.2. The van der Waals surface area contributed by atoms with Crippen molar-refractivity contribution in [2.24, 2.45) is 0 Å². The van der Waals surface area contributed by atoms with Crippen molar-refractivity contribution in [1.82, 2.24) is 26.1 Å². The molecule has 142 valence electrons. The Balaban J connectivity index is 1.26. The minimum atomic E-state index is -0.0856. The smallest absolute Gasteiger partial charge is 0.270 e. The van der Waals surface area contributed by atoms with Gasteiger partial charge >= 0.3 is 0 Å². The number of aromatic nitrogens is 1. The van der Waals surface area contributed by atoms with E-state index < -0.39 is 0 Å². The highest BCUT2D eigenvalue weighted by molar-refractivity contribution is 6.30. The Morgan fingerprint density at radius 2 is 1.89 bits per heavy atom. The Hall–Kier alpha value is -1.99. The van der Waals surface area contributed by atoms with Crippen molar-refractivity contribution in [1.29, 1.82) is 0 Å². The van der Waals surface area contributed by atoms with Crippen molar-refractivity contribution in [2.45, 2.75) is 37.5 Å². The standard InChI is InChI=1S/C20H24ClN5O/c21-15-6-4-14(5-7-15)18-13-19(25-24-18)26-11-8-16(9-12-26)23-20(27)17-3-1-2-10-22-17/h1-7,10,16,18-19,24-25H,8-9,11-13H2,(H,23,27). The van der Waals surface area contributed by atoms with E-state index in [2.05, 4.69) is 38.2 Å². The van der Waals surface area contributed by atoms with Crippen LogP contribution in [0.2, 0.25) is 5.02 Å². The number of nitrogens with zero attached hydrogens (tertiary/aromatic N) is 2. The molecule has 2 saturated heterocycles. The van der Waals surface area contributed by atoms with Gasteiger partial charge in [-0.3, -0.25) is 14.7 Å². The number of carbonyl (C=O) groups excluding carboxylic acids is 1. The molecule has 1 amide bonds. The van der Waals surface area contributed by atoms with Gasteiger partial charge in [-0.15, -0.1) is 0 Å². The molecule has 0 radical (unpaired) electrons. The first-order valence-corrected chi connectivity index (χ1v) is 9.79. The second kappa shape index (κ2) is 8.35. The molecule has 27 heavy (non-hydrogen) atoms. The number of amides is 1. The number of piperidine rings is 1. The van der Waals surface area contributed by atoms with Gasteiger partial charge in [0.25, 0.3) is 5.91 Å². The van der Waals surface area contributed by atoms with Gasteiger partial charge in [0.05, 0.1) is 6.17 Å². The summed E-state index contributed by atoms with van der Waals surface area (Å²) in [7, 11) is 0. The summed E-state index contributed by atoms with van der Waals surface area (Å²) >= 11 is 5.98. The molecule has 6 nitrogen and oxygen atoms in total. The number of halogens is 1. The molecule has 3 N–H and O–H groups in total. The summed E-state index contributed by atoms with van der Waals surface area (Å²) in [5, 5.41) is 3.87. The first kappa shape index (κ1) is 18.4. The molecular weight excluding hydrogens is 362 g/mol. The van der Waals surface area contributed by atoms with E-state index in [1.54, 1.807) is 12.3 Å². The fourth-order valence-electron chi connectivity index (χ4n) is 3.80. The number of benzene rings is 1. The topological polar surface area (TPSA) is 69.3 Å². The fourth-order valence-corrected chi connectivity index (χ4v) is 3.93. The van der Waals surface area contributed by atoms with Crippen molar-refractivity contribution >= 4 is 17.5 Å². The third kappa shape index (κ3) is 4.47. The quantitative estimate of drug-likeness (QED) is 0.754. The number of rotatable bonds is 4. The van der Waals surface area contributed by atoms with Gasteiger partial charge in [-0.25, -0.2) is 10.9 Å². The first-order valence-electron chi connectivity index (χ1n) is 9.41. The van der Waals surface area contributed by atoms with Crippen LogP contribution < -0.4 is 16.2 Å². The average molecular weight is 386 g/mol. The van der Waals surface area contributed by atoms with Crippen molar-refractivity contribution in [3.05, 3.63) is 64.9 Å². The lowest BCUT2D eigenvalue weighted by atomic mass is 10.0. The summed E-state index contributed by atoms with van der Waals surface area (Å²) in [5.74, 6) is -0.0856. The van der Waals surface area contributed by atoms with Gasteiger partial charge in [0.2, 0.25) is 0 Å². The maximum atomic E-state index is 12.3. The van der Waals surface area contributed by atoms with E-state index in [9.17, 15) is 4.79 Å². The number of pyridine rings is 1. The Morgan fingerprint density at radius 1 is 1.11 bits per heavy atom. The molecule has 2 aromatic rings. The van der Waals surface area contributed by atoms with Crippen molar-refractivity contribution in [2.75, 3.05) is 13.1 Å². The second-order valence-electron chi connectivity index (χ2n) is 7.14. The van der Waals surface area contributed by atoms with Gasteiger partial charge < -0.3 is 5.32 Å². The van der Waals surface area contributed by atoms with Crippen LogP contribution in [0.15, 0.2) is 48.7 Å². The summed E-state index contributed by atoms with van der Waals surface area (Å²) in [4.78, 5) is 18.8. The summed E-state index contributed by atoms with van der Waals surface area (Å²) in [6.07, 6.45) is 4.85. The van der Waals surface area contributed by atoms with Crippen LogP contribution >= 0.6 is 11.6 Å². The third-order valence-corrected chi connectivity index (χ3v) is 5.61. The molecule has 2 aliphatic heterocycles. The van der Waals surface area contributed by atoms with E-state index >= 15 is 0 Å². The number of hydrazine groups is 1. The van der Waals surface area contributed by atoms with Crippen LogP contribution in [-0.4, -0.2) is 41.1 Å². The number of hydrogen-bond donors (Lipinski definition) is 3. The summed E-state index contributed by atoms with van der Waals surface area (Å²) < 4.78 is 0. The van der Waals surface area contributed by atoms with Gasteiger partial charge in [-0.2, -0.15) is 0 Å². The maximum Gasteiger partial charge on any atom is 0.270 e. The monoisotopic (exact) mass is 385 g/mol. The molecule has 0 bridgehead atoms. The number of likely N-dealkylation sites (tertiary alicyclic amines) is 1. The molecular formula is C20H24ClN5O. The average Bonchev–Trinajstić information content (AvgIpc) is 3.20. The summed E-state index contributed by atoms with van der Waals surface area (Å²) in [6.45, 7) is 1.92. The Kier molecular flexibility index (Phi) is 5.69. The summed E-state index contributed by atoms with van der Waals surface area (Å²) in [5.41, 5.74) is 8.53. The van der Waals surface area contributed by atoms with Crippen molar-refractivity contribution in [3.63, 3.8) is 0 Å². The molecule has 2 unspecified atom stereocenters. The van der Waals surface area contributed by atoms with E-state index in [0.717, 1.165) is 37.4 Å². The molecule has 0 aliphatic carbocycles. The second-order valence-corrected chi connectivity index (χ2v) is 7.58. The molecule has 1 aromatic carbocycles. The molecule has 2 fully saturated rings.